The third kappa shape index (κ3) is 3.97. The van der Waals surface area contributed by atoms with Gasteiger partial charge in [0.2, 0.25) is 0 Å². The van der Waals surface area contributed by atoms with Gasteiger partial charge in [-0.05, 0) is 63.9 Å². The quantitative estimate of drug-likeness (QED) is 0.879. The minimum absolute atomic E-state index is 0.308. The van der Waals surface area contributed by atoms with Gasteiger partial charge in [-0.15, -0.1) is 0 Å². The zero-order chi connectivity index (χ0) is 14.5. The summed E-state index contributed by atoms with van der Waals surface area (Å²) in [5.74, 6) is 0.780. The van der Waals surface area contributed by atoms with Crippen LogP contribution in [-0.4, -0.2) is 30.6 Å². The first-order valence-electron chi connectivity index (χ1n) is 7.84. The van der Waals surface area contributed by atoms with E-state index >= 15 is 0 Å². The van der Waals surface area contributed by atoms with Crippen LogP contribution >= 0.6 is 11.6 Å². The molecular formula is C17H27ClN2. The molecule has 1 aromatic carbocycles. The molecule has 1 aliphatic heterocycles. The predicted octanol–water partition coefficient (Wildman–Crippen LogP) is 4.11. The smallest absolute Gasteiger partial charge is 0.0453 e. The lowest BCUT2D eigenvalue weighted by atomic mass is 9.89. The largest absolute Gasteiger partial charge is 0.307 e. The molecule has 2 rings (SSSR count). The summed E-state index contributed by atoms with van der Waals surface area (Å²) in [5.41, 5.74) is 1.20. The van der Waals surface area contributed by atoms with Crippen LogP contribution in [0.5, 0.6) is 0 Å². The number of halogens is 1. The van der Waals surface area contributed by atoms with Gasteiger partial charge in [0.1, 0.15) is 0 Å². The Morgan fingerprint density at radius 3 is 2.50 bits per heavy atom. The standard InChI is InChI=1S/C17H27ClN2/c1-4-20-11-9-15(10-12-20)13(2)19-14(3)16-7-5-6-8-17(16)18/h5-8,13-15,19H,4,9-12H2,1-3H3/t13?,14-/m1/s1. The fourth-order valence-electron chi connectivity index (χ4n) is 3.22. The number of nitrogens with one attached hydrogen (secondary N) is 1. The number of nitrogens with zero attached hydrogens (tertiary/aromatic N) is 1. The first-order chi connectivity index (χ1) is 9.61. The average molecular weight is 295 g/mol. The van der Waals surface area contributed by atoms with E-state index in [2.05, 4.69) is 43.1 Å². The van der Waals surface area contributed by atoms with Crippen molar-refractivity contribution in [2.24, 2.45) is 5.92 Å². The van der Waals surface area contributed by atoms with Crippen molar-refractivity contribution in [3.8, 4) is 0 Å². The monoisotopic (exact) mass is 294 g/mol. The first-order valence-corrected chi connectivity index (χ1v) is 8.22. The van der Waals surface area contributed by atoms with E-state index in [1.807, 2.05) is 12.1 Å². The zero-order valence-corrected chi connectivity index (χ0v) is 13.7. The van der Waals surface area contributed by atoms with Crippen LogP contribution in [0.3, 0.4) is 0 Å². The fourth-order valence-corrected chi connectivity index (χ4v) is 3.52. The predicted molar refractivity (Wildman–Crippen MR) is 87.3 cm³/mol. The molecule has 1 N–H and O–H groups in total. The molecule has 1 heterocycles. The van der Waals surface area contributed by atoms with E-state index in [0.717, 1.165) is 10.9 Å². The van der Waals surface area contributed by atoms with Gasteiger partial charge in [0.25, 0.3) is 0 Å². The lowest BCUT2D eigenvalue weighted by Gasteiger charge is -2.35. The van der Waals surface area contributed by atoms with Crippen LogP contribution in [-0.2, 0) is 0 Å². The average Bonchev–Trinajstić information content (AvgIpc) is 2.47. The van der Waals surface area contributed by atoms with Gasteiger partial charge in [0.05, 0.1) is 0 Å². The van der Waals surface area contributed by atoms with Gasteiger partial charge in [0, 0.05) is 17.1 Å². The van der Waals surface area contributed by atoms with Crippen molar-refractivity contribution < 1.29 is 0 Å². The summed E-state index contributed by atoms with van der Waals surface area (Å²) in [6.45, 7) is 10.5. The van der Waals surface area contributed by atoms with Crippen LogP contribution in [0.4, 0.5) is 0 Å². The number of likely N-dealkylation sites (tertiary alicyclic amines) is 1. The van der Waals surface area contributed by atoms with Crippen molar-refractivity contribution in [3.05, 3.63) is 34.9 Å². The summed E-state index contributed by atoms with van der Waals surface area (Å²) in [7, 11) is 0. The molecule has 0 spiro atoms. The molecule has 1 aliphatic rings. The molecule has 0 bridgehead atoms. The summed E-state index contributed by atoms with van der Waals surface area (Å²) in [6, 6.07) is 8.99. The van der Waals surface area contributed by atoms with E-state index in [-0.39, 0.29) is 0 Å². The van der Waals surface area contributed by atoms with E-state index in [1.54, 1.807) is 0 Å². The van der Waals surface area contributed by atoms with E-state index in [4.69, 9.17) is 11.6 Å². The molecule has 0 radical (unpaired) electrons. The summed E-state index contributed by atoms with van der Waals surface area (Å²) in [6.07, 6.45) is 2.61. The molecule has 1 fully saturated rings. The van der Waals surface area contributed by atoms with Gasteiger partial charge in [-0.1, -0.05) is 36.7 Å². The molecule has 2 nitrogen and oxygen atoms in total. The molecule has 0 aromatic heterocycles. The number of benzene rings is 1. The van der Waals surface area contributed by atoms with Gasteiger partial charge in [-0.25, -0.2) is 0 Å². The maximum Gasteiger partial charge on any atom is 0.0453 e. The molecule has 3 heteroatoms. The van der Waals surface area contributed by atoms with Crippen molar-refractivity contribution in [2.75, 3.05) is 19.6 Å². The summed E-state index contributed by atoms with van der Waals surface area (Å²) in [5, 5.41) is 4.60. The molecule has 1 saturated heterocycles. The van der Waals surface area contributed by atoms with Crippen LogP contribution < -0.4 is 5.32 Å². The van der Waals surface area contributed by atoms with Gasteiger partial charge in [-0.3, -0.25) is 0 Å². The van der Waals surface area contributed by atoms with E-state index in [0.29, 0.717) is 12.1 Å². The highest BCUT2D eigenvalue weighted by molar-refractivity contribution is 6.31. The Hall–Kier alpha value is -0.570. The van der Waals surface area contributed by atoms with Crippen LogP contribution in [0.2, 0.25) is 5.02 Å². The summed E-state index contributed by atoms with van der Waals surface area (Å²) in [4.78, 5) is 2.54. The SMILES string of the molecule is CCN1CCC(C(C)N[C@H](C)c2ccccc2Cl)CC1. The van der Waals surface area contributed by atoms with Crippen LogP contribution in [0.1, 0.15) is 45.2 Å². The van der Waals surface area contributed by atoms with E-state index < -0.39 is 0 Å². The number of hydrogen-bond donors (Lipinski definition) is 1. The Morgan fingerprint density at radius 2 is 1.90 bits per heavy atom. The molecule has 1 aromatic rings. The molecular weight excluding hydrogens is 268 g/mol. The van der Waals surface area contributed by atoms with Crippen LogP contribution in [0, 0.1) is 5.92 Å². The summed E-state index contributed by atoms with van der Waals surface area (Å²) >= 11 is 6.28. The fraction of sp³-hybridized carbons (Fsp3) is 0.647. The van der Waals surface area contributed by atoms with Gasteiger partial charge in [-0.2, -0.15) is 0 Å². The molecule has 0 saturated carbocycles. The number of rotatable bonds is 5. The maximum atomic E-state index is 6.28. The summed E-state index contributed by atoms with van der Waals surface area (Å²) < 4.78 is 0. The highest BCUT2D eigenvalue weighted by Gasteiger charge is 2.24. The third-order valence-corrected chi connectivity index (χ3v) is 5.02. The van der Waals surface area contributed by atoms with Gasteiger partial charge in [0.15, 0.2) is 0 Å². The second-order valence-electron chi connectivity index (χ2n) is 5.97. The second-order valence-corrected chi connectivity index (χ2v) is 6.38. The minimum Gasteiger partial charge on any atom is -0.307 e. The van der Waals surface area contributed by atoms with Crippen molar-refractivity contribution in [3.63, 3.8) is 0 Å². The van der Waals surface area contributed by atoms with Gasteiger partial charge >= 0.3 is 0 Å². The van der Waals surface area contributed by atoms with Crippen LogP contribution in [0.15, 0.2) is 24.3 Å². The lowest BCUT2D eigenvalue weighted by molar-refractivity contribution is 0.165. The van der Waals surface area contributed by atoms with Crippen molar-refractivity contribution in [1.82, 2.24) is 10.2 Å². The molecule has 112 valence electrons. The van der Waals surface area contributed by atoms with Gasteiger partial charge < -0.3 is 10.2 Å². The van der Waals surface area contributed by atoms with Crippen molar-refractivity contribution in [1.29, 1.82) is 0 Å². The Morgan fingerprint density at radius 1 is 1.25 bits per heavy atom. The Bertz CT molecular complexity index is 413. The molecule has 0 amide bonds. The molecule has 0 aliphatic carbocycles. The minimum atomic E-state index is 0.308. The molecule has 1 unspecified atom stereocenters. The Labute approximate surface area is 128 Å². The molecule has 20 heavy (non-hydrogen) atoms. The Kier molecular flexibility index (Phi) is 5.88. The zero-order valence-electron chi connectivity index (χ0n) is 12.9. The highest BCUT2D eigenvalue weighted by Crippen LogP contribution is 2.26. The van der Waals surface area contributed by atoms with Crippen LogP contribution in [0.25, 0.3) is 0 Å². The maximum absolute atomic E-state index is 6.28. The normalized spacial score (nSPS) is 20.8. The highest BCUT2D eigenvalue weighted by atomic mass is 35.5. The Balaban J connectivity index is 1.88. The number of hydrogen-bond acceptors (Lipinski definition) is 2. The lowest BCUT2D eigenvalue weighted by Crippen LogP contribution is -2.42. The van der Waals surface area contributed by atoms with E-state index in [9.17, 15) is 0 Å². The second kappa shape index (κ2) is 7.44. The number of piperidine rings is 1. The van der Waals surface area contributed by atoms with Crippen molar-refractivity contribution in [2.45, 2.75) is 45.7 Å². The van der Waals surface area contributed by atoms with E-state index in [1.165, 1.54) is 38.0 Å². The molecule has 2 atom stereocenters. The van der Waals surface area contributed by atoms with Crippen molar-refractivity contribution >= 4 is 11.6 Å². The third-order valence-electron chi connectivity index (χ3n) is 4.67. The first kappa shape index (κ1) is 15.8. The topological polar surface area (TPSA) is 15.3 Å².